The molecule has 0 aliphatic heterocycles. The molecule has 0 heterocycles. The topological polar surface area (TPSA) is 86.6 Å². The van der Waals surface area contributed by atoms with Crippen molar-refractivity contribution in [3.8, 4) is 0 Å². The summed E-state index contributed by atoms with van der Waals surface area (Å²) >= 11 is 0. The van der Waals surface area contributed by atoms with E-state index in [4.69, 9.17) is 10.2 Å². The van der Waals surface area contributed by atoms with Crippen LogP contribution in [-0.2, 0) is 11.3 Å². The standard InChI is InChI=1S/C12H15NO4/c14-11(15)5-2-6-13-8-9-3-1-4-10(7-9)12(16)17/h1,3-4,7,13H,2,5-6,8H2,(H,14,15)(H,16,17). The second-order valence-electron chi connectivity index (χ2n) is 3.68. The Bertz CT molecular complexity index is 403. The number of carboxylic acids is 2. The SMILES string of the molecule is O=C(O)CCCNCc1cccc(C(=O)O)c1. The van der Waals surface area contributed by atoms with Gasteiger partial charge in [0.05, 0.1) is 5.56 Å². The van der Waals surface area contributed by atoms with Crippen molar-refractivity contribution in [2.45, 2.75) is 19.4 Å². The van der Waals surface area contributed by atoms with Crippen molar-refractivity contribution in [1.29, 1.82) is 0 Å². The van der Waals surface area contributed by atoms with E-state index >= 15 is 0 Å². The molecule has 0 aromatic heterocycles. The van der Waals surface area contributed by atoms with Gasteiger partial charge >= 0.3 is 11.9 Å². The Kier molecular flexibility index (Phi) is 5.16. The van der Waals surface area contributed by atoms with E-state index in [1.165, 1.54) is 6.07 Å². The molecule has 3 N–H and O–H groups in total. The molecule has 0 spiro atoms. The lowest BCUT2D eigenvalue weighted by atomic mass is 10.1. The number of benzene rings is 1. The van der Waals surface area contributed by atoms with Gasteiger partial charge in [-0.3, -0.25) is 4.79 Å². The Labute approximate surface area is 99.1 Å². The quantitative estimate of drug-likeness (QED) is 0.623. The fraction of sp³-hybridized carbons (Fsp3) is 0.333. The summed E-state index contributed by atoms with van der Waals surface area (Å²) in [7, 11) is 0. The number of hydrogen-bond acceptors (Lipinski definition) is 3. The van der Waals surface area contributed by atoms with Gasteiger partial charge in [-0.25, -0.2) is 4.79 Å². The van der Waals surface area contributed by atoms with Gasteiger partial charge in [-0.05, 0) is 30.7 Å². The number of aliphatic carboxylic acids is 1. The number of carbonyl (C=O) groups is 2. The van der Waals surface area contributed by atoms with Crippen LogP contribution < -0.4 is 5.32 Å². The summed E-state index contributed by atoms with van der Waals surface area (Å²) < 4.78 is 0. The first-order chi connectivity index (χ1) is 8.09. The Morgan fingerprint density at radius 3 is 2.65 bits per heavy atom. The Balaban J connectivity index is 2.34. The largest absolute Gasteiger partial charge is 0.481 e. The molecular formula is C12H15NO4. The molecule has 17 heavy (non-hydrogen) atoms. The van der Waals surface area contributed by atoms with Crippen molar-refractivity contribution in [2.24, 2.45) is 0 Å². The molecule has 0 radical (unpaired) electrons. The van der Waals surface area contributed by atoms with Gasteiger partial charge in [-0.1, -0.05) is 12.1 Å². The fourth-order valence-corrected chi connectivity index (χ4v) is 1.41. The molecule has 0 saturated carbocycles. The van der Waals surface area contributed by atoms with Gasteiger partial charge in [-0.2, -0.15) is 0 Å². The predicted molar refractivity (Wildman–Crippen MR) is 62.0 cm³/mol. The number of hydrogen-bond donors (Lipinski definition) is 3. The van der Waals surface area contributed by atoms with Crippen molar-refractivity contribution < 1.29 is 19.8 Å². The average Bonchev–Trinajstić information content (AvgIpc) is 2.28. The van der Waals surface area contributed by atoms with Crippen LogP contribution in [0.4, 0.5) is 0 Å². The molecule has 0 fully saturated rings. The molecule has 1 aromatic rings. The first kappa shape index (κ1) is 13.2. The van der Waals surface area contributed by atoms with E-state index in [9.17, 15) is 9.59 Å². The summed E-state index contributed by atoms with van der Waals surface area (Å²) in [6.07, 6.45) is 0.704. The zero-order chi connectivity index (χ0) is 12.7. The summed E-state index contributed by atoms with van der Waals surface area (Å²) in [6, 6.07) is 6.66. The van der Waals surface area contributed by atoms with Gasteiger partial charge in [0.2, 0.25) is 0 Å². The third-order valence-corrected chi connectivity index (χ3v) is 2.25. The fourth-order valence-electron chi connectivity index (χ4n) is 1.41. The van der Waals surface area contributed by atoms with Gasteiger partial charge in [0, 0.05) is 13.0 Å². The van der Waals surface area contributed by atoms with Gasteiger partial charge in [0.25, 0.3) is 0 Å². The lowest BCUT2D eigenvalue weighted by Gasteiger charge is -2.04. The molecule has 92 valence electrons. The van der Waals surface area contributed by atoms with E-state index in [0.29, 0.717) is 19.5 Å². The maximum absolute atomic E-state index is 10.7. The smallest absolute Gasteiger partial charge is 0.335 e. The highest BCUT2D eigenvalue weighted by Crippen LogP contribution is 2.05. The zero-order valence-corrected chi connectivity index (χ0v) is 9.35. The van der Waals surface area contributed by atoms with Crippen molar-refractivity contribution in [3.63, 3.8) is 0 Å². The molecule has 0 atom stereocenters. The number of rotatable bonds is 7. The van der Waals surface area contributed by atoms with E-state index in [1.54, 1.807) is 12.1 Å². The van der Waals surface area contributed by atoms with Crippen molar-refractivity contribution >= 4 is 11.9 Å². The minimum Gasteiger partial charge on any atom is -0.481 e. The molecule has 5 heteroatoms. The molecular weight excluding hydrogens is 222 g/mol. The van der Waals surface area contributed by atoms with Gasteiger partial charge in [0.1, 0.15) is 0 Å². The lowest BCUT2D eigenvalue weighted by molar-refractivity contribution is -0.137. The van der Waals surface area contributed by atoms with Crippen molar-refractivity contribution in [2.75, 3.05) is 6.54 Å². The summed E-state index contributed by atoms with van der Waals surface area (Å²) in [5.41, 5.74) is 1.13. The molecule has 0 aliphatic carbocycles. The molecule has 1 rings (SSSR count). The molecule has 0 bridgehead atoms. The van der Waals surface area contributed by atoms with Gasteiger partial charge in [-0.15, -0.1) is 0 Å². The number of nitrogens with one attached hydrogen (secondary N) is 1. The van der Waals surface area contributed by atoms with E-state index < -0.39 is 11.9 Å². The molecule has 0 saturated heterocycles. The first-order valence-corrected chi connectivity index (χ1v) is 5.34. The maximum atomic E-state index is 10.7. The second-order valence-corrected chi connectivity index (χ2v) is 3.68. The molecule has 5 nitrogen and oxygen atoms in total. The predicted octanol–water partition coefficient (Wildman–Crippen LogP) is 1.34. The Morgan fingerprint density at radius 2 is 2.00 bits per heavy atom. The zero-order valence-electron chi connectivity index (χ0n) is 9.35. The van der Waals surface area contributed by atoms with E-state index in [-0.39, 0.29) is 12.0 Å². The normalized spacial score (nSPS) is 10.1. The minimum atomic E-state index is -0.947. The van der Waals surface area contributed by atoms with Crippen LogP contribution in [-0.4, -0.2) is 28.7 Å². The third-order valence-electron chi connectivity index (χ3n) is 2.25. The average molecular weight is 237 g/mol. The Hall–Kier alpha value is -1.88. The van der Waals surface area contributed by atoms with Crippen LogP contribution in [0.2, 0.25) is 0 Å². The van der Waals surface area contributed by atoms with Crippen LogP contribution in [0.15, 0.2) is 24.3 Å². The summed E-state index contributed by atoms with van der Waals surface area (Å²) in [6.45, 7) is 1.14. The van der Waals surface area contributed by atoms with E-state index in [1.807, 2.05) is 6.07 Å². The molecule has 1 aromatic carbocycles. The van der Waals surface area contributed by atoms with Crippen LogP contribution in [0.5, 0.6) is 0 Å². The van der Waals surface area contributed by atoms with Crippen molar-refractivity contribution in [3.05, 3.63) is 35.4 Å². The van der Waals surface area contributed by atoms with Crippen LogP contribution in [0.1, 0.15) is 28.8 Å². The summed E-state index contributed by atoms with van der Waals surface area (Å²) in [5, 5.41) is 20.3. The monoisotopic (exact) mass is 237 g/mol. The lowest BCUT2D eigenvalue weighted by Crippen LogP contribution is -2.16. The molecule has 0 amide bonds. The highest BCUT2D eigenvalue weighted by Gasteiger charge is 2.02. The minimum absolute atomic E-state index is 0.141. The van der Waals surface area contributed by atoms with Gasteiger partial charge in [0.15, 0.2) is 0 Å². The van der Waals surface area contributed by atoms with Crippen LogP contribution in [0.3, 0.4) is 0 Å². The van der Waals surface area contributed by atoms with Crippen molar-refractivity contribution in [1.82, 2.24) is 5.32 Å². The van der Waals surface area contributed by atoms with Crippen LogP contribution in [0, 0.1) is 0 Å². The highest BCUT2D eigenvalue weighted by atomic mass is 16.4. The molecule has 0 aliphatic rings. The number of carboxylic acid groups (broad SMARTS) is 2. The van der Waals surface area contributed by atoms with Crippen LogP contribution in [0.25, 0.3) is 0 Å². The van der Waals surface area contributed by atoms with E-state index in [2.05, 4.69) is 5.32 Å². The second kappa shape index (κ2) is 6.65. The third kappa shape index (κ3) is 5.12. The highest BCUT2D eigenvalue weighted by molar-refractivity contribution is 5.87. The molecule has 0 unspecified atom stereocenters. The number of aromatic carboxylic acids is 1. The van der Waals surface area contributed by atoms with Gasteiger partial charge < -0.3 is 15.5 Å². The van der Waals surface area contributed by atoms with E-state index in [0.717, 1.165) is 5.56 Å². The summed E-state index contributed by atoms with van der Waals surface area (Å²) in [5.74, 6) is -1.75. The summed E-state index contributed by atoms with van der Waals surface area (Å²) in [4.78, 5) is 21.0. The van der Waals surface area contributed by atoms with Crippen LogP contribution >= 0.6 is 0 Å². The first-order valence-electron chi connectivity index (χ1n) is 5.34. The Morgan fingerprint density at radius 1 is 1.24 bits per heavy atom. The maximum Gasteiger partial charge on any atom is 0.335 e.